The van der Waals surface area contributed by atoms with E-state index in [2.05, 4.69) is 57.2 Å². The van der Waals surface area contributed by atoms with Crippen molar-refractivity contribution in [1.82, 2.24) is 30.3 Å². The van der Waals surface area contributed by atoms with Gasteiger partial charge in [-0.05, 0) is 67.0 Å². The SMILES string of the molecule is CC1(C)CCc2c(-c3cc4ccc(C(=O)N5CCN(CCC#Cc6ccc(C7CCC(=O)NC7=O)cc6)CC5)cc4[nH]3)n[nH]c2C1. The molecule has 9 nitrogen and oxygen atoms in total. The molecule has 2 saturated heterocycles. The van der Waals surface area contributed by atoms with E-state index in [1.807, 2.05) is 47.4 Å². The molecule has 0 saturated carbocycles. The molecule has 9 heteroatoms. The van der Waals surface area contributed by atoms with Crippen molar-refractivity contribution in [1.29, 1.82) is 0 Å². The lowest BCUT2D eigenvalue weighted by Gasteiger charge is -2.34. The van der Waals surface area contributed by atoms with Gasteiger partial charge in [-0.1, -0.05) is 43.9 Å². The number of piperidine rings is 1. The van der Waals surface area contributed by atoms with Crippen LogP contribution < -0.4 is 5.32 Å². The fourth-order valence-corrected chi connectivity index (χ4v) is 7.00. The summed E-state index contributed by atoms with van der Waals surface area (Å²) in [6.07, 6.45) is 4.84. The van der Waals surface area contributed by atoms with Crippen LogP contribution in [-0.4, -0.2) is 75.4 Å². The van der Waals surface area contributed by atoms with Crippen LogP contribution in [0.1, 0.15) is 78.2 Å². The molecule has 2 aromatic heterocycles. The number of H-pyrrole nitrogens is 2. The average Bonchev–Trinajstić information content (AvgIpc) is 3.66. The minimum atomic E-state index is -0.278. The van der Waals surface area contributed by atoms with Crippen molar-refractivity contribution in [2.75, 3.05) is 32.7 Å². The third-order valence-corrected chi connectivity index (χ3v) is 9.78. The van der Waals surface area contributed by atoms with E-state index in [9.17, 15) is 14.4 Å². The number of imide groups is 1. The van der Waals surface area contributed by atoms with Gasteiger partial charge in [0.2, 0.25) is 11.8 Å². The zero-order chi connectivity index (χ0) is 31.8. The molecule has 2 fully saturated rings. The Morgan fingerprint density at radius 2 is 1.83 bits per heavy atom. The van der Waals surface area contributed by atoms with Crippen LogP contribution in [-0.2, 0) is 22.4 Å². The summed E-state index contributed by atoms with van der Waals surface area (Å²) in [5.74, 6) is 5.85. The molecule has 3 amide bonds. The smallest absolute Gasteiger partial charge is 0.254 e. The number of nitrogens with zero attached hydrogens (tertiary/aromatic N) is 3. The van der Waals surface area contributed by atoms with Crippen LogP contribution in [0.5, 0.6) is 0 Å². The molecule has 0 bridgehead atoms. The van der Waals surface area contributed by atoms with Crippen molar-refractivity contribution in [3.63, 3.8) is 0 Å². The second-order valence-corrected chi connectivity index (χ2v) is 13.7. The van der Waals surface area contributed by atoms with Crippen molar-refractivity contribution in [3.8, 4) is 23.2 Å². The topological polar surface area (TPSA) is 114 Å². The molecular weight excluding hydrogens is 576 g/mol. The average molecular weight is 617 g/mol. The molecule has 236 valence electrons. The molecule has 7 rings (SSSR count). The second-order valence-electron chi connectivity index (χ2n) is 13.7. The molecule has 0 radical (unpaired) electrons. The van der Waals surface area contributed by atoms with E-state index < -0.39 is 0 Å². The fraction of sp³-hybridized carbons (Fsp3) is 0.405. The van der Waals surface area contributed by atoms with E-state index in [0.717, 1.165) is 78.7 Å². The highest BCUT2D eigenvalue weighted by Crippen LogP contribution is 2.38. The molecule has 1 unspecified atom stereocenters. The number of carbonyl (C=O) groups is 3. The molecule has 2 aliphatic heterocycles. The van der Waals surface area contributed by atoms with Crippen LogP contribution in [0.25, 0.3) is 22.3 Å². The summed E-state index contributed by atoms with van der Waals surface area (Å²) in [5.41, 5.74) is 8.32. The van der Waals surface area contributed by atoms with Crippen LogP contribution in [0, 0.1) is 17.3 Å². The minimum absolute atomic E-state index is 0.0672. The molecule has 1 atom stereocenters. The summed E-state index contributed by atoms with van der Waals surface area (Å²) in [4.78, 5) is 44.8. The lowest BCUT2D eigenvalue weighted by atomic mass is 9.76. The molecule has 4 aromatic rings. The van der Waals surface area contributed by atoms with Crippen LogP contribution in [0.2, 0.25) is 0 Å². The number of amides is 3. The van der Waals surface area contributed by atoms with E-state index in [1.165, 1.54) is 11.3 Å². The van der Waals surface area contributed by atoms with Gasteiger partial charge < -0.3 is 9.88 Å². The van der Waals surface area contributed by atoms with E-state index in [1.54, 1.807) is 0 Å². The molecule has 46 heavy (non-hydrogen) atoms. The number of fused-ring (bicyclic) bond motifs is 2. The Morgan fingerprint density at radius 1 is 1.02 bits per heavy atom. The summed E-state index contributed by atoms with van der Waals surface area (Å²) < 4.78 is 0. The maximum absolute atomic E-state index is 13.4. The standard InChI is InChI=1S/C37H40N6O3/c1-37(2)15-14-29-32(23-37)40-41-34(29)31-21-26-10-11-27(22-30(26)38-31)36(46)43-19-17-42(18-20-43)16-4-3-5-24-6-8-25(9-7-24)28-12-13-33(44)39-35(28)45/h6-11,21-22,28,38H,4,12-20,23H2,1-2H3,(H,40,41)(H,39,44,45). The van der Waals surface area contributed by atoms with Crippen molar-refractivity contribution < 1.29 is 14.4 Å². The molecule has 3 aliphatic rings. The number of aromatic nitrogens is 3. The normalized spacial score (nSPS) is 19.8. The lowest BCUT2D eigenvalue weighted by Crippen LogP contribution is -2.48. The molecular formula is C37H40N6O3. The molecule has 4 heterocycles. The van der Waals surface area contributed by atoms with Crippen LogP contribution in [0.4, 0.5) is 0 Å². The predicted molar refractivity (Wildman–Crippen MR) is 177 cm³/mol. The summed E-state index contributed by atoms with van der Waals surface area (Å²) in [7, 11) is 0. The Hall–Kier alpha value is -4.68. The number of nitrogens with one attached hydrogen (secondary N) is 3. The quantitative estimate of drug-likeness (QED) is 0.220. The van der Waals surface area contributed by atoms with Crippen molar-refractivity contribution in [2.45, 2.75) is 58.3 Å². The molecule has 1 aliphatic carbocycles. The Balaban J connectivity index is 0.908. The molecule has 3 N–H and O–H groups in total. The van der Waals surface area contributed by atoms with Gasteiger partial charge in [-0.15, -0.1) is 0 Å². The van der Waals surface area contributed by atoms with E-state index >= 15 is 0 Å². The number of piperazine rings is 1. The Kier molecular flexibility index (Phi) is 7.99. The van der Waals surface area contributed by atoms with Crippen molar-refractivity contribution >= 4 is 28.6 Å². The van der Waals surface area contributed by atoms with Gasteiger partial charge in [0, 0.05) is 78.9 Å². The van der Waals surface area contributed by atoms with E-state index in [-0.39, 0.29) is 23.6 Å². The minimum Gasteiger partial charge on any atom is -0.353 e. The largest absolute Gasteiger partial charge is 0.353 e. The van der Waals surface area contributed by atoms with Crippen LogP contribution >= 0.6 is 0 Å². The molecule has 0 spiro atoms. The van der Waals surface area contributed by atoms with Gasteiger partial charge in [0.05, 0.1) is 11.6 Å². The monoisotopic (exact) mass is 616 g/mol. The Bertz CT molecular complexity index is 1860. The zero-order valence-corrected chi connectivity index (χ0v) is 26.5. The van der Waals surface area contributed by atoms with Gasteiger partial charge in [0.25, 0.3) is 5.91 Å². The number of hydrogen-bond acceptors (Lipinski definition) is 5. The molecule has 2 aromatic carbocycles. The predicted octanol–water partition coefficient (Wildman–Crippen LogP) is 4.79. The zero-order valence-electron chi connectivity index (χ0n) is 26.5. The van der Waals surface area contributed by atoms with Crippen LogP contribution in [0.15, 0.2) is 48.5 Å². The van der Waals surface area contributed by atoms with Crippen molar-refractivity contribution in [3.05, 3.63) is 76.5 Å². The van der Waals surface area contributed by atoms with Gasteiger partial charge in [-0.2, -0.15) is 5.10 Å². The third-order valence-electron chi connectivity index (χ3n) is 9.78. The third kappa shape index (κ3) is 6.22. The Morgan fingerprint density at radius 3 is 2.61 bits per heavy atom. The second kappa shape index (κ2) is 12.3. The van der Waals surface area contributed by atoms with E-state index in [4.69, 9.17) is 0 Å². The highest BCUT2D eigenvalue weighted by molar-refractivity contribution is 6.01. The van der Waals surface area contributed by atoms with Gasteiger partial charge in [0.1, 0.15) is 5.69 Å². The van der Waals surface area contributed by atoms with Gasteiger partial charge in [-0.25, -0.2) is 0 Å². The van der Waals surface area contributed by atoms with Crippen LogP contribution in [0.3, 0.4) is 0 Å². The van der Waals surface area contributed by atoms with Gasteiger partial charge in [-0.3, -0.25) is 29.7 Å². The number of carbonyl (C=O) groups excluding carboxylic acids is 3. The number of hydrogen-bond donors (Lipinski definition) is 3. The van der Waals surface area contributed by atoms with Gasteiger partial charge >= 0.3 is 0 Å². The first-order valence-corrected chi connectivity index (χ1v) is 16.4. The number of rotatable bonds is 5. The summed E-state index contributed by atoms with van der Waals surface area (Å²) in [6.45, 7) is 8.51. The first-order chi connectivity index (χ1) is 22.2. The summed E-state index contributed by atoms with van der Waals surface area (Å²) in [6, 6.07) is 15.8. The highest BCUT2D eigenvalue weighted by atomic mass is 16.2. The summed E-state index contributed by atoms with van der Waals surface area (Å²) >= 11 is 0. The first kappa shape index (κ1) is 30.0. The summed E-state index contributed by atoms with van der Waals surface area (Å²) in [5, 5.41) is 11.4. The van der Waals surface area contributed by atoms with Gasteiger partial charge in [0.15, 0.2) is 0 Å². The first-order valence-electron chi connectivity index (χ1n) is 16.4. The van der Waals surface area contributed by atoms with Crippen molar-refractivity contribution in [2.24, 2.45) is 5.41 Å². The number of benzene rings is 2. The van der Waals surface area contributed by atoms with E-state index in [0.29, 0.717) is 36.9 Å². The maximum atomic E-state index is 13.4. The fourth-order valence-electron chi connectivity index (χ4n) is 7.00. The maximum Gasteiger partial charge on any atom is 0.254 e. The Labute approximate surface area is 269 Å². The highest BCUT2D eigenvalue weighted by Gasteiger charge is 2.30. The number of aromatic amines is 2. The lowest BCUT2D eigenvalue weighted by molar-refractivity contribution is -0.134.